The molecule has 0 fully saturated rings. The summed E-state index contributed by atoms with van der Waals surface area (Å²) < 4.78 is 5.76. The van der Waals surface area contributed by atoms with E-state index in [-0.39, 0.29) is 17.2 Å². The van der Waals surface area contributed by atoms with Crippen LogP contribution in [0.4, 0.5) is 5.69 Å². The number of aryl methyl sites for hydroxylation is 1. The second kappa shape index (κ2) is 7.19. The topological polar surface area (TPSA) is 59.2 Å². The van der Waals surface area contributed by atoms with Crippen LogP contribution < -0.4 is 4.90 Å². The number of carbonyl (C=O) groups excluding carboxylic acids is 1. The Morgan fingerprint density at radius 3 is 2.70 bits per heavy atom. The quantitative estimate of drug-likeness (QED) is 0.625. The van der Waals surface area contributed by atoms with Gasteiger partial charge in [-0.25, -0.2) is 0 Å². The number of thioether (sulfide) groups is 1. The Labute approximate surface area is 162 Å². The molecule has 1 aliphatic heterocycles. The predicted molar refractivity (Wildman–Crippen MR) is 107 cm³/mol. The Kier molecular flexibility index (Phi) is 4.74. The third-order valence-corrected chi connectivity index (χ3v) is 5.70. The molecule has 1 aliphatic rings. The smallest absolute Gasteiger partial charge is 0.277 e. The molecule has 0 N–H and O–H groups in total. The number of amides is 1. The SMILES string of the molecule is Cc1ccc(-c2nnc(S[C@@H](C)C(=O)N3c4ccccc4C[C@@H]3C)o2)cc1. The zero-order chi connectivity index (χ0) is 19.0. The van der Waals surface area contributed by atoms with Gasteiger partial charge in [-0.05, 0) is 51.0 Å². The second-order valence-corrected chi connectivity index (χ2v) is 8.18. The molecule has 0 saturated carbocycles. The molecule has 0 bridgehead atoms. The van der Waals surface area contributed by atoms with E-state index < -0.39 is 0 Å². The van der Waals surface area contributed by atoms with Crippen molar-refractivity contribution >= 4 is 23.4 Å². The number of hydrogen-bond donors (Lipinski definition) is 0. The number of nitrogens with zero attached hydrogens (tertiary/aromatic N) is 3. The summed E-state index contributed by atoms with van der Waals surface area (Å²) in [5, 5.41) is 8.31. The number of rotatable bonds is 4. The summed E-state index contributed by atoms with van der Waals surface area (Å²) >= 11 is 1.30. The van der Waals surface area contributed by atoms with E-state index >= 15 is 0 Å². The van der Waals surface area contributed by atoms with Crippen LogP contribution >= 0.6 is 11.8 Å². The molecule has 138 valence electrons. The lowest BCUT2D eigenvalue weighted by atomic mass is 10.1. The molecule has 4 rings (SSSR count). The average molecular weight is 379 g/mol. The van der Waals surface area contributed by atoms with E-state index in [1.54, 1.807) is 0 Å². The van der Waals surface area contributed by atoms with Gasteiger partial charge in [0.1, 0.15) is 0 Å². The van der Waals surface area contributed by atoms with E-state index in [0.29, 0.717) is 11.1 Å². The number of hydrogen-bond acceptors (Lipinski definition) is 5. The molecule has 3 aromatic rings. The highest BCUT2D eigenvalue weighted by Gasteiger charge is 2.34. The van der Waals surface area contributed by atoms with Gasteiger partial charge in [0.2, 0.25) is 11.8 Å². The van der Waals surface area contributed by atoms with Gasteiger partial charge in [0.15, 0.2) is 0 Å². The van der Waals surface area contributed by atoms with Gasteiger partial charge in [0.25, 0.3) is 5.22 Å². The summed E-state index contributed by atoms with van der Waals surface area (Å²) in [5.41, 5.74) is 4.27. The highest BCUT2D eigenvalue weighted by atomic mass is 32.2. The maximum atomic E-state index is 13.1. The molecular formula is C21H21N3O2S. The van der Waals surface area contributed by atoms with Crippen LogP contribution in [0, 0.1) is 6.92 Å². The monoisotopic (exact) mass is 379 g/mol. The zero-order valence-corrected chi connectivity index (χ0v) is 16.4. The highest BCUT2D eigenvalue weighted by molar-refractivity contribution is 8.00. The molecule has 0 spiro atoms. The van der Waals surface area contributed by atoms with Gasteiger partial charge in [-0.15, -0.1) is 10.2 Å². The molecule has 1 aromatic heterocycles. The Balaban J connectivity index is 1.49. The molecule has 2 heterocycles. The molecule has 6 heteroatoms. The van der Waals surface area contributed by atoms with Crippen LogP contribution in [0.1, 0.15) is 25.0 Å². The maximum absolute atomic E-state index is 13.1. The highest BCUT2D eigenvalue weighted by Crippen LogP contribution is 2.35. The standard InChI is InChI=1S/C21H21N3O2S/c1-13-8-10-16(11-9-13)19-22-23-21(26-19)27-15(3)20(25)24-14(2)12-17-6-4-5-7-18(17)24/h4-11,14-15H,12H2,1-3H3/t14-,15-/m0/s1. The lowest BCUT2D eigenvalue weighted by Gasteiger charge is -2.25. The summed E-state index contributed by atoms with van der Waals surface area (Å²) in [7, 11) is 0. The molecule has 1 amide bonds. The van der Waals surface area contributed by atoms with Crippen LogP contribution in [0.25, 0.3) is 11.5 Å². The molecule has 5 nitrogen and oxygen atoms in total. The van der Waals surface area contributed by atoms with Crippen molar-refractivity contribution in [2.75, 3.05) is 4.90 Å². The maximum Gasteiger partial charge on any atom is 0.277 e. The number of carbonyl (C=O) groups is 1. The van der Waals surface area contributed by atoms with E-state index in [1.165, 1.54) is 22.9 Å². The van der Waals surface area contributed by atoms with Gasteiger partial charge in [-0.3, -0.25) is 4.79 Å². The van der Waals surface area contributed by atoms with E-state index in [9.17, 15) is 4.79 Å². The molecule has 0 radical (unpaired) electrons. The van der Waals surface area contributed by atoms with E-state index in [0.717, 1.165) is 17.7 Å². The van der Waals surface area contributed by atoms with Gasteiger partial charge >= 0.3 is 0 Å². The third-order valence-electron chi connectivity index (χ3n) is 4.78. The number of aromatic nitrogens is 2. The first kappa shape index (κ1) is 17.8. The van der Waals surface area contributed by atoms with Crippen LogP contribution in [0.2, 0.25) is 0 Å². The third kappa shape index (κ3) is 3.49. The Morgan fingerprint density at radius 1 is 1.19 bits per heavy atom. The van der Waals surface area contributed by atoms with Gasteiger partial charge in [0.05, 0.1) is 5.25 Å². The van der Waals surface area contributed by atoms with Crippen molar-refractivity contribution in [2.24, 2.45) is 0 Å². The van der Waals surface area contributed by atoms with Crippen molar-refractivity contribution in [2.45, 2.75) is 43.7 Å². The Hall–Kier alpha value is -2.60. The summed E-state index contributed by atoms with van der Waals surface area (Å²) in [4.78, 5) is 14.9. The number of para-hydroxylation sites is 1. The van der Waals surface area contributed by atoms with Crippen LogP contribution in [0.3, 0.4) is 0 Å². The van der Waals surface area contributed by atoms with Gasteiger partial charge in [-0.1, -0.05) is 47.7 Å². The van der Waals surface area contributed by atoms with Gasteiger partial charge in [0, 0.05) is 17.3 Å². The fraction of sp³-hybridized carbons (Fsp3) is 0.286. The van der Waals surface area contributed by atoms with Crippen molar-refractivity contribution in [1.82, 2.24) is 10.2 Å². The Morgan fingerprint density at radius 2 is 1.93 bits per heavy atom. The lowest BCUT2D eigenvalue weighted by molar-refractivity contribution is -0.118. The minimum atomic E-state index is -0.315. The summed E-state index contributed by atoms with van der Waals surface area (Å²) in [5.74, 6) is 0.532. The largest absolute Gasteiger partial charge is 0.411 e. The minimum Gasteiger partial charge on any atom is -0.411 e. The van der Waals surface area contributed by atoms with Gasteiger partial charge < -0.3 is 9.32 Å². The normalized spacial score (nSPS) is 17.0. The number of anilines is 1. The van der Waals surface area contributed by atoms with Crippen LogP contribution in [0.5, 0.6) is 0 Å². The van der Waals surface area contributed by atoms with Crippen molar-refractivity contribution in [1.29, 1.82) is 0 Å². The fourth-order valence-corrected chi connectivity index (χ4v) is 4.10. The molecular weight excluding hydrogens is 358 g/mol. The van der Waals surface area contributed by atoms with Crippen LogP contribution in [0.15, 0.2) is 58.2 Å². The second-order valence-electron chi connectivity index (χ2n) is 6.89. The number of benzene rings is 2. The molecule has 0 unspecified atom stereocenters. The fourth-order valence-electron chi connectivity index (χ4n) is 3.37. The first-order valence-corrected chi connectivity index (χ1v) is 9.89. The first-order valence-electron chi connectivity index (χ1n) is 9.01. The summed E-state index contributed by atoms with van der Waals surface area (Å²) in [6.45, 7) is 6.00. The van der Waals surface area contributed by atoms with Crippen molar-refractivity contribution in [3.05, 3.63) is 59.7 Å². The molecule has 2 aromatic carbocycles. The first-order chi connectivity index (χ1) is 13.0. The predicted octanol–water partition coefficient (Wildman–Crippen LogP) is 4.50. The zero-order valence-electron chi connectivity index (χ0n) is 15.5. The summed E-state index contributed by atoms with van der Waals surface area (Å²) in [6.07, 6.45) is 0.886. The van der Waals surface area contributed by atoms with Crippen LogP contribution in [-0.4, -0.2) is 27.4 Å². The van der Waals surface area contributed by atoms with Crippen molar-refractivity contribution in [3.8, 4) is 11.5 Å². The van der Waals surface area contributed by atoms with Crippen molar-refractivity contribution < 1.29 is 9.21 Å². The van der Waals surface area contributed by atoms with E-state index in [4.69, 9.17) is 4.42 Å². The van der Waals surface area contributed by atoms with Crippen LogP contribution in [-0.2, 0) is 11.2 Å². The molecule has 0 aliphatic carbocycles. The number of fused-ring (bicyclic) bond motifs is 1. The average Bonchev–Trinajstić information content (AvgIpc) is 3.25. The lowest BCUT2D eigenvalue weighted by Crippen LogP contribution is -2.40. The molecule has 2 atom stereocenters. The molecule has 0 saturated heterocycles. The Bertz CT molecular complexity index is 968. The molecule has 27 heavy (non-hydrogen) atoms. The minimum absolute atomic E-state index is 0.0625. The van der Waals surface area contributed by atoms with E-state index in [1.807, 2.05) is 61.2 Å². The summed E-state index contributed by atoms with van der Waals surface area (Å²) in [6, 6.07) is 16.2. The van der Waals surface area contributed by atoms with Crippen molar-refractivity contribution in [3.63, 3.8) is 0 Å². The van der Waals surface area contributed by atoms with E-state index in [2.05, 4.69) is 23.2 Å². The van der Waals surface area contributed by atoms with Gasteiger partial charge in [-0.2, -0.15) is 0 Å².